The molecule has 1 aliphatic heterocycles. The molecule has 0 radical (unpaired) electrons. The van der Waals surface area contributed by atoms with Crippen LogP contribution < -0.4 is 0 Å². The number of hydrogen-bond donors (Lipinski definition) is 0. The molecule has 5 nitrogen and oxygen atoms in total. The average molecular weight is 476 g/mol. The van der Waals surface area contributed by atoms with Gasteiger partial charge in [-0.25, -0.2) is 9.59 Å². The van der Waals surface area contributed by atoms with Crippen molar-refractivity contribution in [3.8, 4) is 0 Å². The Morgan fingerprint density at radius 2 is 1.37 bits per heavy atom. The van der Waals surface area contributed by atoms with Gasteiger partial charge in [0.05, 0.1) is 0 Å². The van der Waals surface area contributed by atoms with E-state index < -0.39 is 38.5 Å². The SMILES string of the molecule is O=C1OC2(CCCC2)OC(=O)C1=Ic1ccc(C(=O)c2ccccc2)cc1. The number of benzene rings is 2. The summed E-state index contributed by atoms with van der Waals surface area (Å²) in [6.45, 7) is 0. The molecule has 2 fully saturated rings. The van der Waals surface area contributed by atoms with Crippen molar-refractivity contribution < 1.29 is 23.9 Å². The van der Waals surface area contributed by atoms with Crippen LogP contribution in [0.5, 0.6) is 0 Å². The van der Waals surface area contributed by atoms with Gasteiger partial charge in [0.2, 0.25) is 0 Å². The van der Waals surface area contributed by atoms with Crippen molar-refractivity contribution in [3.05, 3.63) is 69.3 Å². The second-order valence-corrected chi connectivity index (χ2v) is 9.37. The Balaban J connectivity index is 1.53. The van der Waals surface area contributed by atoms with Gasteiger partial charge in [0.1, 0.15) is 0 Å². The van der Waals surface area contributed by atoms with Crippen LogP contribution in [0.2, 0.25) is 0 Å². The lowest BCUT2D eigenvalue weighted by atomic mass is 10.0. The number of esters is 2. The first kappa shape index (κ1) is 18.0. The molecule has 0 bridgehead atoms. The number of carbonyl (C=O) groups excluding carboxylic acids is 3. The maximum Gasteiger partial charge on any atom is 0.354 e. The minimum Gasteiger partial charge on any atom is -0.418 e. The predicted molar refractivity (Wildman–Crippen MR) is 107 cm³/mol. The van der Waals surface area contributed by atoms with Crippen LogP contribution in [0.1, 0.15) is 41.6 Å². The largest absolute Gasteiger partial charge is 0.418 e. The fraction of sp³-hybridized carbons (Fsp3) is 0.238. The fourth-order valence-electron chi connectivity index (χ4n) is 3.26. The van der Waals surface area contributed by atoms with E-state index >= 15 is 0 Å². The third-order valence-corrected chi connectivity index (χ3v) is 7.39. The number of ketones is 1. The van der Waals surface area contributed by atoms with E-state index in [-0.39, 0.29) is 9.29 Å². The van der Waals surface area contributed by atoms with Crippen LogP contribution in [-0.4, -0.2) is 27.0 Å². The zero-order valence-corrected chi connectivity index (χ0v) is 16.6. The smallest absolute Gasteiger partial charge is 0.354 e. The highest BCUT2D eigenvalue weighted by molar-refractivity contribution is 14.2. The molecule has 2 aliphatic rings. The molecule has 0 unspecified atom stereocenters. The van der Waals surface area contributed by atoms with Crippen molar-refractivity contribution in [2.24, 2.45) is 0 Å². The van der Waals surface area contributed by atoms with Crippen molar-refractivity contribution in [1.29, 1.82) is 0 Å². The normalized spacial score (nSPS) is 18.3. The van der Waals surface area contributed by atoms with Crippen LogP contribution in [-0.2, 0) is 19.1 Å². The van der Waals surface area contributed by atoms with Gasteiger partial charge in [0.15, 0.2) is 9.29 Å². The van der Waals surface area contributed by atoms with Crippen LogP contribution in [0.15, 0.2) is 54.6 Å². The Labute approximate surface area is 166 Å². The van der Waals surface area contributed by atoms with Gasteiger partial charge in [-0.05, 0) is 25.0 Å². The summed E-state index contributed by atoms with van der Waals surface area (Å²) in [6, 6.07) is 16.1. The Kier molecular flexibility index (Phi) is 4.90. The van der Waals surface area contributed by atoms with Gasteiger partial charge < -0.3 is 9.47 Å². The third kappa shape index (κ3) is 3.71. The van der Waals surface area contributed by atoms with Crippen molar-refractivity contribution in [2.75, 3.05) is 0 Å². The number of carbonyl (C=O) groups is 3. The molecule has 1 saturated carbocycles. The van der Waals surface area contributed by atoms with E-state index in [2.05, 4.69) is 0 Å². The maximum absolute atomic E-state index is 12.5. The van der Waals surface area contributed by atoms with Gasteiger partial charge in [0, 0.05) is 27.5 Å². The molecule has 1 aliphatic carbocycles. The Morgan fingerprint density at radius 1 is 0.815 bits per heavy atom. The number of ether oxygens (including phenoxy) is 2. The first-order valence-corrected chi connectivity index (χ1v) is 10.9. The maximum atomic E-state index is 12.5. The highest BCUT2D eigenvalue weighted by Gasteiger charge is 2.48. The first-order chi connectivity index (χ1) is 13.1. The van der Waals surface area contributed by atoms with Crippen LogP contribution in [0.25, 0.3) is 0 Å². The summed E-state index contributed by atoms with van der Waals surface area (Å²) in [5.74, 6) is -2.20. The fourth-order valence-corrected chi connectivity index (χ4v) is 5.26. The second kappa shape index (κ2) is 7.34. The van der Waals surface area contributed by atoms with Crippen LogP contribution in [0, 0.1) is 3.57 Å². The summed E-state index contributed by atoms with van der Waals surface area (Å²) in [4.78, 5) is 37.1. The summed E-state index contributed by atoms with van der Waals surface area (Å²) in [5.41, 5.74) is 1.19. The zero-order valence-electron chi connectivity index (χ0n) is 14.4. The molecular weight excluding hydrogens is 459 g/mol. The second-order valence-electron chi connectivity index (χ2n) is 6.51. The van der Waals surface area contributed by atoms with Crippen LogP contribution >= 0.6 is 20.7 Å². The molecule has 6 heteroatoms. The molecule has 1 spiro atoms. The van der Waals surface area contributed by atoms with E-state index in [0.717, 1.165) is 16.4 Å². The molecule has 27 heavy (non-hydrogen) atoms. The Bertz CT molecular complexity index is 903. The molecule has 138 valence electrons. The van der Waals surface area contributed by atoms with Crippen molar-refractivity contribution in [2.45, 2.75) is 31.5 Å². The minimum atomic E-state index is -1.04. The zero-order chi connectivity index (χ0) is 18.9. The van der Waals surface area contributed by atoms with Gasteiger partial charge in [-0.15, -0.1) is 0 Å². The highest BCUT2D eigenvalue weighted by Crippen LogP contribution is 2.37. The molecule has 2 aromatic rings. The van der Waals surface area contributed by atoms with Gasteiger partial charge in [0.25, 0.3) is 5.79 Å². The average Bonchev–Trinajstić information content (AvgIpc) is 3.13. The predicted octanol–water partition coefficient (Wildman–Crippen LogP) is 3.60. The Morgan fingerprint density at radius 3 is 1.96 bits per heavy atom. The van der Waals surface area contributed by atoms with Gasteiger partial charge in [-0.2, -0.15) is 0 Å². The molecule has 1 saturated heterocycles. The molecule has 0 aromatic heterocycles. The standard InChI is InChI=1S/C21H17IO5/c23-18(14-6-2-1-3-7-14)15-8-10-16(11-9-15)22-17-19(24)26-21(27-20(17)25)12-4-5-13-21/h1-3,6-11H,4-5,12-13H2. The summed E-state index contributed by atoms with van der Waals surface area (Å²) < 4.78 is 11.9. The molecule has 4 rings (SSSR count). The highest BCUT2D eigenvalue weighted by atomic mass is 127. The quantitative estimate of drug-likeness (QED) is 0.385. The van der Waals surface area contributed by atoms with Crippen molar-refractivity contribution in [3.63, 3.8) is 0 Å². The van der Waals surface area contributed by atoms with E-state index in [1.54, 1.807) is 36.4 Å². The van der Waals surface area contributed by atoms with E-state index in [1.807, 2.05) is 18.2 Å². The first-order valence-electron chi connectivity index (χ1n) is 8.75. The lowest BCUT2D eigenvalue weighted by Gasteiger charge is -2.32. The van der Waals surface area contributed by atoms with E-state index in [1.165, 1.54) is 0 Å². The van der Waals surface area contributed by atoms with E-state index in [9.17, 15) is 14.4 Å². The molecule has 0 atom stereocenters. The number of hydrogen-bond acceptors (Lipinski definition) is 5. The van der Waals surface area contributed by atoms with Crippen molar-refractivity contribution in [1.82, 2.24) is 0 Å². The van der Waals surface area contributed by atoms with Gasteiger partial charge in [-0.3, -0.25) is 4.79 Å². The summed E-state index contributed by atoms with van der Waals surface area (Å²) in [7, 11) is 0. The lowest BCUT2D eigenvalue weighted by molar-refractivity contribution is -0.224. The monoisotopic (exact) mass is 476 g/mol. The van der Waals surface area contributed by atoms with Gasteiger partial charge >= 0.3 is 11.9 Å². The molecule has 1 heterocycles. The topological polar surface area (TPSA) is 69.7 Å². The van der Waals surface area contributed by atoms with Crippen LogP contribution in [0.4, 0.5) is 0 Å². The van der Waals surface area contributed by atoms with E-state index in [4.69, 9.17) is 9.47 Å². The molecule has 0 amide bonds. The van der Waals surface area contributed by atoms with Gasteiger partial charge in [-0.1, -0.05) is 63.2 Å². The number of halogens is 1. The summed E-state index contributed by atoms with van der Waals surface area (Å²) in [6.07, 6.45) is 2.93. The van der Waals surface area contributed by atoms with Crippen molar-refractivity contribution >= 4 is 42.0 Å². The molecule has 0 N–H and O–H groups in total. The van der Waals surface area contributed by atoms with E-state index in [0.29, 0.717) is 24.0 Å². The third-order valence-electron chi connectivity index (χ3n) is 4.63. The molecular formula is C21H17IO5. The summed E-state index contributed by atoms with van der Waals surface area (Å²) in [5, 5.41) is 0. The minimum absolute atomic E-state index is 0.0623. The number of rotatable bonds is 3. The van der Waals surface area contributed by atoms with Crippen LogP contribution in [0.3, 0.4) is 0 Å². The Hall–Kier alpha value is -2.35. The lowest BCUT2D eigenvalue weighted by Crippen LogP contribution is -2.48. The molecule has 2 aromatic carbocycles. The summed E-state index contributed by atoms with van der Waals surface area (Å²) >= 11 is -1.04.